The van der Waals surface area contributed by atoms with Crippen molar-refractivity contribution in [3.05, 3.63) is 138 Å². The quantitative estimate of drug-likeness (QED) is 0.0404. The molecule has 5 aromatic rings. The molecule has 0 bridgehead atoms. The van der Waals surface area contributed by atoms with Crippen LogP contribution >= 0.6 is 0 Å². The van der Waals surface area contributed by atoms with E-state index < -0.39 is 139 Å². The van der Waals surface area contributed by atoms with E-state index in [1.54, 1.807) is 30.3 Å². The summed E-state index contributed by atoms with van der Waals surface area (Å²) in [4.78, 5) is -1.39. The molecule has 0 amide bonds. The van der Waals surface area contributed by atoms with E-state index in [1.165, 1.54) is 24.3 Å². The van der Waals surface area contributed by atoms with Crippen molar-refractivity contribution in [3.8, 4) is 11.5 Å². The van der Waals surface area contributed by atoms with Crippen molar-refractivity contribution in [2.24, 2.45) is 0 Å². The van der Waals surface area contributed by atoms with Gasteiger partial charge in [-0.15, -0.1) is 0 Å². The fourth-order valence-corrected chi connectivity index (χ4v) is 10.1. The third-order valence-electron chi connectivity index (χ3n) is 9.14. The first-order valence-electron chi connectivity index (χ1n) is 19.4. The first-order chi connectivity index (χ1) is 33.8. The lowest BCUT2D eigenvalue weighted by molar-refractivity contribution is -0.417. The molecular weight excluding hydrogens is 1160 g/mol. The topological polar surface area (TPSA) is 153 Å². The highest BCUT2D eigenvalue weighted by Crippen LogP contribution is 2.54. The number of hydrogen-bond donors (Lipinski definition) is 0. The Balaban J connectivity index is 0.000000514. The van der Waals surface area contributed by atoms with Crippen molar-refractivity contribution >= 4 is 41.2 Å². The monoisotopic (exact) mass is 1190 g/mol. The van der Waals surface area contributed by atoms with Crippen molar-refractivity contribution in [3.63, 3.8) is 0 Å². The molecule has 0 spiro atoms. The van der Waals surface area contributed by atoms with Gasteiger partial charge in [0, 0.05) is 0 Å². The molecule has 34 heteroatoms. The highest BCUT2D eigenvalue weighted by atomic mass is 32.2. The Hall–Kier alpha value is -5.58. The van der Waals surface area contributed by atoms with Crippen molar-refractivity contribution in [2.75, 3.05) is 6.61 Å². The second-order valence-corrected chi connectivity index (χ2v) is 21.1. The van der Waals surface area contributed by atoms with Crippen LogP contribution in [0.15, 0.2) is 140 Å². The molecule has 5 aromatic carbocycles. The van der Waals surface area contributed by atoms with E-state index in [9.17, 15) is 118 Å². The minimum Gasteiger partial charge on any atom is -0.743 e. The van der Waals surface area contributed by atoms with Gasteiger partial charge < -0.3 is 17.7 Å². The lowest BCUT2D eigenvalue weighted by Crippen LogP contribution is -2.65. The van der Waals surface area contributed by atoms with Crippen LogP contribution in [0.5, 0.6) is 11.5 Å². The van der Waals surface area contributed by atoms with Gasteiger partial charge in [-0.3, -0.25) is 0 Å². The van der Waals surface area contributed by atoms with Gasteiger partial charge in [0.2, 0.25) is 0 Å². The molecule has 0 aromatic heterocycles. The Morgan fingerprint density at radius 1 is 0.440 bits per heavy atom. The van der Waals surface area contributed by atoms with Gasteiger partial charge in [-0.2, -0.15) is 105 Å². The van der Waals surface area contributed by atoms with Gasteiger partial charge in [0.1, 0.15) is 21.3 Å². The molecule has 0 heterocycles. The van der Waals surface area contributed by atoms with Crippen LogP contribution in [0.2, 0.25) is 0 Å². The van der Waals surface area contributed by atoms with Gasteiger partial charge in [-0.05, 0) is 103 Å². The third-order valence-corrected chi connectivity index (χ3v) is 14.7. The molecule has 0 aliphatic carbocycles. The van der Waals surface area contributed by atoms with E-state index in [0.717, 1.165) is 31.2 Å². The number of hydrogen-bond acceptors (Lipinski definition) is 10. The highest BCUT2D eigenvalue weighted by Gasteiger charge is 2.83. The van der Waals surface area contributed by atoms with Crippen LogP contribution in [0.4, 0.5) is 87.8 Å². The molecule has 0 fully saturated rings. The van der Waals surface area contributed by atoms with Gasteiger partial charge in [-0.1, -0.05) is 25.1 Å². The minimum absolute atomic E-state index is 0.0101. The summed E-state index contributed by atoms with van der Waals surface area (Å²) in [5.41, 5.74) is -7.53. The standard InChI is InChI=1S/C34H19F12O6S3.C7H8F8O4S/c35-31(36,37)20-14-21(32(38,39)40)17-29(16-20)54(47,48)51-24-6-10-27(11-7-24)53(26-4-2-1-3-5-26)28-12-8-25(9-13-28)52-55(49,50)30-18-22(33(41,42)43)15-23(19-30)34(44,45)46;1-2-3-19-6(12,13)4(8,9)5(10,11)7(14,15)20(16,17)18/h1-19H;2-3H2,1H3,(H,16,17,18)/q+1;/p-1. The molecule has 0 radical (unpaired) electrons. The van der Waals surface area contributed by atoms with Gasteiger partial charge in [-0.25, -0.2) is 8.42 Å². The normalized spacial score (nSPS) is 13.8. The summed E-state index contributed by atoms with van der Waals surface area (Å²) < 4.78 is 355. The van der Waals surface area contributed by atoms with Crippen LogP contribution in [-0.2, 0) is 70.7 Å². The first-order valence-corrected chi connectivity index (χ1v) is 24.8. The maximum absolute atomic E-state index is 13.3. The van der Waals surface area contributed by atoms with Crippen molar-refractivity contribution in [1.29, 1.82) is 0 Å². The van der Waals surface area contributed by atoms with Gasteiger partial charge in [0.25, 0.3) is 0 Å². The number of alkyl halides is 20. The third kappa shape index (κ3) is 14.3. The average molecular weight is 1190 g/mol. The predicted molar refractivity (Wildman–Crippen MR) is 216 cm³/mol. The minimum atomic E-state index is -7.33. The van der Waals surface area contributed by atoms with Crippen LogP contribution in [0.1, 0.15) is 35.6 Å². The van der Waals surface area contributed by atoms with E-state index in [2.05, 4.69) is 4.74 Å². The van der Waals surface area contributed by atoms with E-state index in [4.69, 9.17) is 8.37 Å². The summed E-state index contributed by atoms with van der Waals surface area (Å²) in [6.45, 7) is -0.0859. The first kappa shape index (κ1) is 62.0. The van der Waals surface area contributed by atoms with Crippen molar-refractivity contribution < 1.29 is 131 Å². The fourth-order valence-electron chi connectivity index (χ4n) is 5.56. The summed E-state index contributed by atoms with van der Waals surface area (Å²) in [7, 11) is -18.9. The van der Waals surface area contributed by atoms with E-state index in [0.29, 0.717) is 14.7 Å². The largest absolute Gasteiger partial charge is 0.743 e. The molecule has 5 rings (SSSR count). The Labute approximate surface area is 412 Å². The lowest BCUT2D eigenvalue weighted by atomic mass is 10.1. The maximum atomic E-state index is 13.3. The van der Waals surface area contributed by atoms with Crippen LogP contribution in [0.3, 0.4) is 0 Å². The molecule has 10 nitrogen and oxygen atoms in total. The molecule has 0 aliphatic rings. The summed E-state index contributed by atoms with van der Waals surface area (Å²) in [6, 6.07) is 17.4. The Bertz CT molecular complexity index is 2930. The number of halogens is 20. The molecule has 0 saturated carbocycles. The summed E-state index contributed by atoms with van der Waals surface area (Å²) in [6.07, 6.45) is -27.8. The SMILES string of the molecule is CCCOC(F)(F)C(F)(F)C(F)(F)C(F)(F)S(=O)(=O)[O-].O=S(=O)(Oc1ccc([S+](c2ccccc2)c2ccc(OS(=O)(=O)c3cc(C(F)(F)F)cc(C(F)(F)F)c3)cc2)cc1)c1cc(C(F)(F)F)cc(C(F)(F)F)c1. The van der Waals surface area contributed by atoms with E-state index >= 15 is 0 Å². The molecule has 0 aliphatic heterocycles. The lowest BCUT2D eigenvalue weighted by Gasteiger charge is -2.36. The zero-order valence-electron chi connectivity index (χ0n) is 36.2. The summed E-state index contributed by atoms with van der Waals surface area (Å²) in [5.74, 6) is -15.1. The van der Waals surface area contributed by atoms with Crippen LogP contribution in [0, 0.1) is 0 Å². The molecule has 0 atom stereocenters. The Kier molecular flexibility index (Phi) is 17.7. The Morgan fingerprint density at radius 2 is 0.747 bits per heavy atom. The number of rotatable bonds is 16. The average Bonchev–Trinajstić information content (AvgIpc) is 3.28. The van der Waals surface area contributed by atoms with Crippen molar-refractivity contribution in [1.82, 2.24) is 0 Å². The van der Waals surface area contributed by atoms with Crippen LogP contribution in [-0.4, -0.2) is 59.6 Å². The highest BCUT2D eigenvalue weighted by molar-refractivity contribution is 7.97. The second kappa shape index (κ2) is 21.4. The Morgan fingerprint density at radius 3 is 1.03 bits per heavy atom. The van der Waals surface area contributed by atoms with Gasteiger partial charge in [0.05, 0.1) is 39.8 Å². The maximum Gasteiger partial charge on any atom is 0.426 e. The van der Waals surface area contributed by atoms with E-state index in [1.807, 2.05) is 0 Å². The fraction of sp³-hybridized carbons (Fsp3) is 0.268. The zero-order valence-corrected chi connectivity index (χ0v) is 39.4. The molecule has 75 heavy (non-hydrogen) atoms. The molecule has 0 N–H and O–H groups in total. The van der Waals surface area contributed by atoms with E-state index in [-0.39, 0.29) is 42.8 Å². The van der Waals surface area contributed by atoms with Crippen LogP contribution < -0.4 is 8.37 Å². The summed E-state index contributed by atoms with van der Waals surface area (Å²) in [5, 5.41) is -6.96. The molecule has 0 saturated heterocycles. The number of benzene rings is 5. The summed E-state index contributed by atoms with van der Waals surface area (Å²) >= 11 is 0. The zero-order chi connectivity index (χ0) is 57.4. The molecule has 0 unspecified atom stereocenters. The predicted octanol–water partition coefficient (Wildman–Crippen LogP) is 12.8. The van der Waals surface area contributed by atoms with Gasteiger partial charge in [0.15, 0.2) is 24.8 Å². The molecule has 414 valence electrons. The molecular formula is C41H26F20O10S4. The number of ether oxygens (including phenoxy) is 1. The van der Waals surface area contributed by atoms with Crippen LogP contribution in [0.25, 0.3) is 0 Å². The smallest absolute Gasteiger partial charge is 0.426 e. The van der Waals surface area contributed by atoms with Crippen molar-refractivity contribution in [2.45, 2.75) is 85.7 Å². The van der Waals surface area contributed by atoms with Gasteiger partial charge >= 0.3 is 68.1 Å². The second-order valence-electron chi connectivity index (χ2n) is 14.6.